The van der Waals surface area contributed by atoms with Crippen molar-refractivity contribution in [2.24, 2.45) is 5.73 Å². The van der Waals surface area contributed by atoms with Gasteiger partial charge in [-0.05, 0) is 74.6 Å². The third kappa shape index (κ3) is 7.48. The zero-order valence-corrected chi connectivity index (χ0v) is 18.9. The molecule has 0 aromatic heterocycles. The third-order valence-electron chi connectivity index (χ3n) is 4.54. The number of nitrogens with two attached hydrogens (primary N) is 1. The molecular formula is C25H30N2O2S. The van der Waals surface area contributed by atoms with E-state index in [0.717, 1.165) is 23.5 Å². The van der Waals surface area contributed by atoms with Gasteiger partial charge in [0.15, 0.2) is 0 Å². The van der Waals surface area contributed by atoms with Gasteiger partial charge in [0, 0.05) is 17.1 Å². The molecule has 3 N–H and O–H groups in total. The summed E-state index contributed by atoms with van der Waals surface area (Å²) in [6.07, 6.45) is 8.62. The molecule has 0 aliphatic heterocycles. The molecule has 158 valence electrons. The average Bonchev–Trinajstić information content (AvgIpc) is 2.76. The van der Waals surface area contributed by atoms with E-state index in [1.54, 1.807) is 24.8 Å². The van der Waals surface area contributed by atoms with Crippen molar-refractivity contribution in [2.75, 3.05) is 6.26 Å². The van der Waals surface area contributed by atoms with Crippen LogP contribution in [0, 0.1) is 0 Å². The summed E-state index contributed by atoms with van der Waals surface area (Å²) in [4.78, 5) is 13.7. The highest BCUT2D eigenvalue weighted by molar-refractivity contribution is 7.98. The minimum atomic E-state index is -0.192. The Kier molecular flexibility index (Phi) is 9.29. The number of thioether (sulfide) groups is 1. The first-order valence-corrected chi connectivity index (χ1v) is 11.1. The van der Waals surface area contributed by atoms with E-state index in [9.17, 15) is 4.79 Å². The van der Waals surface area contributed by atoms with Crippen LogP contribution in [0.25, 0.3) is 0 Å². The van der Waals surface area contributed by atoms with E-state index in [4.69, 9.17) is 10.5 Å². The maximum Gasteiger partial charge on any atom is 0.253 e. The van der Waals surface area contributed by atoms with Crippen LogP contribution in [-0.4, -0.2) is 12.2 Å². The van der Waals surface area contributed by atoms with Crippen LogP contribution in [0.15, 0.2) is 88.5 Å². The lowest BCUT2D eigenvalue weighted by atomic mass is 10.1. The molecule has 1 amide bonds. The van der Waals surface area contributed by atoms with E-state index in [1.165, 1.54) is 10.5 Å². The second-order valence-corrected chi connectivity index (χ2v) is 7.81. The van der Waals surface area contributed by atoms with Gasteiger partial charge in [0.1, 0.15) is 11.5 Å². The third-order valence-corrected chi connectivity index (χ3v) is 5.29. The van der Waals surface area contributed by atoms with Crippen LogP contribution in [0.2, 0.25) is 0 Å². The van der Waals surface area contributed by atoms with Gasteiger partial charge in [0.05, 0.1) is 5.57 Å². The maximum atomic E-state index is 12.5. The van der Waals surface area contributed by atoms with E-state index >= 15 is 0 Å². The molecule has 0 bridgehead atoms. The fraction of sp³-hybridized carbons (Fsp3) is 0.240. The number of rotatable bonds is 9. The van der Waals surface area contributed by atoms with Gasteiger partial charge in [-0.2, -0.15) is 0 Å². The topological polar surface area (TPSA) is 64.3 Å². The number of carbonyl (C=O) groups is 1. The molecule has 0 atom stereocenters. The van der Waals surface area contributed by atoms with E-state index in [0.29, 0.717) is 17.8 Å². The summed E-state index contributed by atoms with van der Waals surface area (Å²) in [7, 11) is 0. The van der Waals surface area contributed by atoms with Crippen molar-refractivity contribution in [3.63, 3.8) is 0 Å². The predicted molar refractivity (Wildman–Crippen MR) is 127 cm³/mol. The zero-order valence-electron chi connectivity index (χ0n) is 18.1. The smallest absolute Gasteiger partial charge is 0.253 e. The lowest BCUT2D eigenvalue weighted by Crippen LogP contribution is -2.25. The Morgan fingerprint density at radius 1 is 1.07 bits per heavy atom. The highest BCUT2D eigenvalue weighted by atomic mass is 32.2. The lowest BCUT2D eigenvalue weighted by molar-refractivity contribution is -0.117. The van der Waals surface area contributed by atoms with Gasteiger partial charge in [0.25, 0.3) is 5.91 Å². The van der Waals surface area contributed by atoms with Crippen molar-refractivity contribution < 1.29 is 9.53 Å². The van der Waals surface area contributed by atoms with E-state index < -0.39 is 0 Å². The van der Waals surface area contributed by atoms with E-state index in [-0.39, 0.29) is 5.91 Å². The molecule has 5 heteroatoms. The van der Waals surface area contributed by atoms with Crippen molar-refractivity contribution in [3.8, 4) is 11.5 Å². The van der Waals surface area contributed by atoms with Crippen molar-refractivity contribution in [1.29, 1.82) is 0 Å². The molecule has 2 aromatic carbocycles. The van der Waals surface area contributed by atoms with Crippen molar-refractivity contribution in [1.82, 2.24) is 5.32 Å². The first kappa shape index (κ1) is 23.4. The molecule has 0 aliphatic rings. The first-order chi connectivity index (χ1) is 14.4. The molecule has 0 saturated carbocycles. The molecule has 0 aliphatic carbocycles. The standard InChI is InChI=1S/C25H30N2O2S/c1-5-18(2)7-6-8-24(19(3)26)25(28)27-17-20-9-11-21(12-10-20)29-22-13-15-23(30-4)16-14-22/h6-16H,5,17,26H2,1-4H3,(H,27,28)/b8-6-,18-7?,24-19-. The SMILES string of the molecule is CCC(C)=C/C=C\C(C(=O)NCc1ccc(Oc2ccc(SC)cc2)cc1)=C(/C)N. The van der Waals surface area contributed by atoms with Crippen LogP contribution in [0.5, 0.6) is 11.5 Å². The van der Waals surface area contributed by atoms with E-state index in [2.05, 4.69) is 19.2 Å². The second-order valence-electron chi connectivity index (χ2n) is 6.93. The Bertz CT molecular complexity index is 923. The normalized spacial score (nSPS) is 12.6. The summed E-state index contributed by atoms with van der Waals surface area (Å²) in [5, 5.41) is 2.92. The Balaban J connectivity index is 1.94. The van der Waals surface area contributed by atoms with Crippen LogP contribution < -0.4 is 15.8 Å². The summed E-state index contributed by atoms with van der Waals surface area (Å²) in [5.41, 5.74) is 9.08. The molecule has 0 unspecified atom stereocenters. The molecule has 0 radical (unpaired) electrons. The molecule has 0 fully saturated rings. The highest BCUT2D eigenvalue weighted by Gasteiger charge is 2.08. The Morgan fingerprint density at radius 3 is 2.20 bits per heavy atom. The molecule has 0 spiro atoms. The minimum Gasteiger partial charge on any atom is -0.457 e. The van der Waals surface area contributed by atoms with Crippen LogP contribution in [0.4, 0.5) is 0 Å². The molecule has 4 nitrogen and oxygen atoms in total. The fourth-order valence-corrected chi connectivity index (χ4v) is 2.95. The van der Waals surface area contributed by atoms with Gasteiger partial charge in [-0.15, -0.1) is 11.8 Å². The summed E-state index contributed by atoms with van der Waals surface area (Å²) in [5.74, 6) is 1.35. The number of nitrogens with one attached hydrogen (secondary N) is 1. The van der Waals surface area contributed by atoms with Crippen molar-refractivity contribution in [3.05, 3.63) is 89.2 Å². The monoisotopic (exact) mass is 422 g/mol. The fourth-order valence-electron chi connectivity index (χ4n) is 2.55. The zero-order chi connectivity index (χ0) is 21.9. The second kappa shape index (κ2) is 11.9. The molecule has 2 aromatic rings. The maximum absolute atomic E-state index is 12.5. The van der Waals surface area contributed by atoms with Crippen LogP contribution in [0.1, 0.15) is 32.8 Å². The highest BCUT2D eigenvalue weighted by Crippen LogP contribution is 2.24. The van der Waals surface area contributed by atoms with Crippen LogP contribution >= 0.6 is 11.8 Å². The molecule has 0 heterocycles. The van der Waals surface area contributed by atoms with Gasteiger partial charge in [-0.25, -0.2) is 0 Å². The van der Waals surface area contributed by atoms with Crippen LogP contribution in [0.3, 0.4) is 0 Å². The number of hydrogen-bond donors (Lipinski definition) is 2. The minimum absolute atomic E-state index is 0.192. The van der Waals surface area contributed by atoms with Gasteiger partial charge in [-0.3, -0.25) is 4.79 Å². The summed E-state index contributed by atoms with van der Waals surface area (Å²) < 4.78 is 5.87. The largest absolute Gasteiger partial charge is 0.457 e. The average molecular weight is 423 g/mol. The number of hydrogen-bond acceptors (Lipinski definition) is 4. The summed E-state index contributed by atoms with van der Waals surface area (Å²) >= 11 is 1.70. The molecule has 2 rings (SSSR count). The lowest BCUT2D eigenvalue weighted by Gasteiger charge is -2.09. The molecular weight excluding hydrogens is 392 g/mol. The summed E-state index contributed by atoms with van der Waals surface area (Å²) in [6, 6.07) is 15.6. The van der Waals surface area contributed by atoms with Gasteiger partial charge in [0.2, 0.25) is 0 Å². The Hall–Kier alpha value is -2.92. The van der Waals surface area contributed by atoms with Crippen molar-refractivity contribution in [2.45, 2.75) is 38.6 Å². The molecule has 30 heavy (non-hydrogen) atoms. The number of amides is 1. The first-order valence-electron chi connectivity index (χ1n) is 9.92. The number of allylic oxidation sites excluding steroid dienone is 4. The number of benzene rings is 2. The van der Waals surface area contributed by atoms with Crippen LogP contribution in [-0.2, 0) is 11.3 Å². The number of carbonyl (C=O) groups excluding carboxylic acids is 1. The quantitative estimate of drug-likeness (QED) is 0.297. The molecule has 0 saturated heterocycles. The summed E-state index contributed by atoms with van der Waals surface area (Å²) in [6.45, 7) is 6.29. The van der Waals surface area contributed by atoms with Gasteiger partial charge < -0.3 is 15.8 Å². The Morgan fingerprint density at radius 2 is 1.67 bits per heavy atom. The predicted octanol–water partition coefficient (Wildman–Crippen LogP) is 5.96. The van der Waals surface area contributed by atoms with Gasteiger partial charge in [-0.1, -0.05) is 36.8 Å². The van der Waals surface area contributed by atoms with Gasteiger partial charge >= 0.3 is 0 Å². The van der Waals surface area contributed by atoms with Crippen molar-refractivity contribution >= 4 is 17.7 Å². The van der Waals surface area contributed by atoms with E-state index in [1.807, 2.05) is 66.9 Å². The number of ether oxygens (including phenoxy) is 1. The Labute approximate surface area is 183 Å².